The molecule has 3 heteroatoms. The molecule has 0 amide bonds. The molecule has 108 valence electrons. The minimum Gasteiger partial charge on any atom is -0.236 e. The van der Waals surface area contributed by atoms with E-state index in [2.05, 4.69) is 40.3 Å². The minimum absolute atomic E-state index is 0.717. The maximum absolute atomic E-state index is 5.56. The van der Waals surface area contributed by atoms with Gasteiger partial charge in [-0.2, -0.15) is 5.10 Å². The topological polar surface area (TPSA) is 30.2 Å². The van der Waals surface area contributed by atoms with E-state index in [4.69, 9.17) is 6.42 Å². The molecule has 2 aliphatic carbocycles. The van der Waals surface area contributed by atoms with Crippen molar-refractivity contribution in [3.63, 3.8) is 0 Å². The van der Waals surface area contributed by atoms with Crippen LogP contribution in [-0.4, -0.2) is 14.6 Å². The predicted molar refractivity (Wildman–Crippen MR) is 91.8 cm³/mol. The summed E-state index contributed by atoms with van der Waals surface area (Å²) in [6.45, 7) is 0. The van der Waals surface area contributed by atoms with E-state index in [1.165, 1.54) is 11.1 Å². The Morgan fingerprint density at radius 3 is 2.22 bits per heavy atom. The second-order valence-corrected chi connectivity index (χ2v) is 5.20. The smallest absolute Gasteiger partial charge is 0.171 e. The molecule has 0 aliphatic heterocycles. The molecule has 2 aromatic heterocycles. The van der Waals surface area contributed by atoms with Crippen molar-refractivity contribution in [2.45, 2.75) is 0 Å². The van der Waals surface area contributed by atoms with Gasteiger partial charge in [0.15, 0.2) is 5.65 Å². The number of rotatable bonds is 1. The molecule has 1 aromatic carbocycles. The number of fused-ring (bicyclic) bond motifs is 2. The normalized spacial score (nSPS) is 10.6. The molecule has 0 saturated carbocycles. The summed E-state index contributed by atoms with van der Waals surface area (Å²) in [5.41, 5.74) is 6.11. The largest absolute Gasteiger partial charge is 0.236 e. The van der Waals surface area contributed by atoms with E-state index in [0.29, 0.717) is 5.65 Å². The number of aromatic nitrogens is 3. The molecule has 0 saturated heterocycles. The Kier molecular flexibility index (Phi) is 3.14. The zero-order valence-electron chi connectivity index (χ0n) is 12.3. The summed E-state index contributed by atoms with van der Waals surface area (Å²) in [7, 11) is 0. The summed E-state index contributed by atoms with van der Waals surface area (Å²) in [4.78, 5) is 4.26. The summed E-state index contributed by atoms with van der Waals surface area (Å²) >= 11 is 0. The molecular weight excluding hydrogens is 282 g/mol. The second kappa shape index (κ2) is 5.43. The van der Waals surface area contributed by atoms with Crippen molar-refractivity contribution in [3.05, 3.63) is 78.6 Å². The first-order chi connectivity index (χ1) is 11.4. The van der Waals surface area contributed by atoms with Crippen LogP contribution in [0.1, 0.15) is 5.56 Å². The van der Waals surface area contributed by atoms with E-state index >= 15 is 0 Å². The lowest BCUT2D eigenvalue weighted by Crippen LogP contribution is -1.87. The fraction of sp³-hybridized carbons (Fsp3) is 0. The first-order valence-corrected chi connectivity index (χ1v) is 7.32. The first kappa shape index (κ1) is 13.3. The van der Waals surface area contributed by atoms with Crippen LogP contribution in [0.5, 0.6) is 0 Å². The monoisotopic (exact) mass is 295 g/mol. The molecule has 0 unspecified atom stereocenters. The van der Waals surface area contributed by atoms with Gasteiger partial charge in [-0.3, -0.25) is 0 Å². The molecule has 3 aromatic rings. The van der Waals surface area contributed by atoms with E-state index < -0.39 is 0 Å². The van der Waals surface area contributed by atoms with Crippen molar-refractivity contribution in [2.24, 2.45) is 0 Å². The first-order valence-electron chi connectivity index (χ1n) is 7.32. The van der Waals surface area contributed by atoms with Crippen LogP contribution >= 0.6 is 0 Å². The molecule has 0 N–H and O–H groups in total. The highest BCUT2D eigenvalue weighted by Gasteiger charge is 2.12. The fourth-order valence-electron chi connectivity index (χ4n) is 2.49. The SMILES string of the molecule is C#Cc1c(-c2ccccc2)nn2cccnc12.c1cc2cc-2c1. The summed E-state index contributed by atoms with van der Waals surface area (Å²) in [6.07, 6.45) is 9.11. The van der Waals surface area contributed by atoms with Gasteiger partial charge in [-0.25, -0.2) is 9.50 Å². The number of terminal acetylenes is 1. The number of nitrogens with zero attached hydrogens (tertiary/aromatic N) is 3. The zero-order valence-corrected chi connectivity index (χ0v) is 12.3. The summed E-state index contributed by atoms with van der Waals surface area (Å²) in [5, 5.41) is 4.47. The predicted octanol–water partition coefficient (Wildman–Crippen LogP) is 4.04. The maximum atomic E-state index is 5.56. The second-order valence-electron chi connectivity index (χ2n) is 5.20. The van der Waals surface area contributed by atoms with Crippen molar-refractivity contribution in [2.75, 3.05) is 0 Å². The lowest BCUT2D eigenvalue weighted by molar-refractivity contribution is 0.943. The number of benzene rings is 2. The van der Waals surface area contributed by atoms with Crippen LogP contribution in [0, 0.1) is 12.3 Å². The van der Waals surface area contributed by atoms with Gasteiger partial charge < -0.3 is 0 Å². The molecule has 23 heavy (non-hydrogen) atoms. The van der Waals surface area contributed by atoms with Crippen LogP contribution in [0.15, 0.2) is 73.1 Å². The fourth-order valence-corrected chi connectivity index (χ4v) is 2.49. The van der Waals surface area contributed by atoms with Gasteiger partial charge in [0.25, 0.3) is 0 Å². The van der Waals surface area contributed by atoms with Gasteiger partial charge in [0, 0.05) is 18.0 Å². The van der Waals surface area contributed by atoms with Crippen LogP contribution in [0.2, 0.25) is 0 Å². The molecule has 3 nitrogen and oxygen atoms in total. The minimum atomic E-state index is 0.717. The molecule has 0 fully saturated rings. The van der Waals surface area contributed by atoms with E-state index in [0.717, 1.165) is 16.8 Å². The third-order valence-electron chi connectivity index (χ3n) is 3.70. The molecule has 2 heterocycles. The van der Waals surface area contributed by atoms with Crippen molar-refractivity contribution in [3.8, 4) is 34.7 Å². The maximum Gasteiger partial charge on any atom is 0.171 e. The summed E-state index contributed by atoms with van der Waals surface area (Å²) in [6, 6.07) is 20.2. The van der Waals surface area contributed by atoms with Crippen molar-refractivity contribution in [1.29, 1.82) is 0 Å². The molecule has 2 aliphatic rings. The van der Waals surface area contributed by atoms with E-state index in [-0.39, 0.29) is 0 Å². The van der Waals surface area contributed by atoms with Crippen LogP contribution < -0.4 is 0 Å². The lowest BCUT2D eigenvalue weighted by atomic mass is 10.1. The number of hydrogen-bond acceptors (Lipinski definition) is 2. The Bertz CT molecular complexity index is 1010. The molecule has 5 rings (SSSR count). The van der Waals surface area contributed by atoms with Gasteiger partial charge >= 0.3 is 0 Å². The van der Waals surface area contributed by atoms with Gasteiger partial charge in [-0.1, -0.05) is 54.5 Å². The van der Waals surface area contributed by atoms with Crippen LogP contribution in [0.3, 0.4) is 0 Å². The molecular formula is C20H13N3. The van der Waals surface area contributed by atoms with Gasteiger partial charge in [-0.15, -0.1) is 6.42 Å². The van der Waals surface area contributed by atoms with E-state index in [1.807, 2.05) is 42.6 Å². The van der Waals surface area contributed by atoms with Gasteiger partial charge in [0.1, 0.15) is 5.69 Å². The van der Waals surface area contributed by atoms with E-state index in [1.54, 1.807) is 10.7 Å². The van der Waals surface area contributed by atoms with Crippen LogP contribution in [0.25, 0.3) is 28.0 Å². The Morgan fingerprint density at radius 1 is 0.870 bits per heavy atom. The third-order valence-corrected chi connectivity index (χ3v) is 3.70. The van der Waals surface area contributed by atoms with E-state index in [9.17, 15) is 0 Å². The zero-order chi connectivity index (χ0) is 15.6. The summed E-state index contributed by atoms with van der Waals surface area (Å²) in [5.74, 6) is 2.67. The van der Waals surface area contributed by atoms with Crippen molar-refractivity contribution < 1.29 is 0 Å². The quantitative estimate of drug-likeness (QED) is 0.437. The highest BCUT2D eigenvalue weighted by molar-refractivity contribution is 5.80. The standard InChI is InChI=1S/C14H9N3.C6H4/c1-2-12-13(11-7-4-3-5-8-11)16-17-10-6-9-15-14(12)17;1-2-5-4-6(5)3-1/h1,3-10H;1-4H. The van der Waals surface area contributed by atoms with Crippen LogP contribution in [0.4, 0.5) is 0 Å². The Morgan fingerprint density at radius 2 is 1.61 bits per heavy atom. The van der Waals surface area contributed by atoms with Crippen LogP contribution in [-0.2, 0) is 0 Å². The molecule has 0 radical (unpaired) electrons. The Hall–Kier alpha value is -3.38. The third kappa shape index (κ3) is 2.47. The Labute approximate surface area is 134 Å². The molecule has 0 atom stereocenters. The van der Waals surface area contributed by atoms with Gasteiger partial charge in [-0.05, 0) is 23.3 Å². The molecule has 0 spiro atoms. The molecule has 0 bridgehead atoms. The van der Waals surface area contributed by atoms with Crippen molar-refractivity contribution >= 4 is 5.65 Å². The Balaban J connectivity index is 0.000000186. The van der Waals surface area contributed by atoms with Gasteiger partial charge in [0.05, 0.1) is 5.56 Å². The average Bonchev–Trinajstić information content (AvgIpc) is 3.06. The lowest BCUT2D eigenvalue weighted by Gasteiger charge is -1.95. The van der Waals surface area contributed by atoms with Crippen molar-refractivity contribution in [1.82, 2.24) is 14.6 Å². The summed E-state index contributed by atoms with van der Waals surface area (Å²) < 4.78 is 1.71. The average molecular weight is 295 g/mol. The number of hydrogen-bond donors (Lipinski definition) is 0. The highest BCUT2D eigenvalue weighted by Crippen LogP contribution is 2.32. The highest BCUT2D eigenvalue weighted by atomic mass is 15.2. The van der Waals surface area contributed by atoms with Gasteiger partial charge in [0.2, 0.25) is 0 Å².